The highest BCUT2D eigenvalue weighted by Gasteiger charge is 2.34. The molecular weight excluding hydrogens is 387 g/mol. The van der Waals surface area contributed by atoms with E-state index in [-0.39, 0.29) is 18.6 Å². The lowest BCUT2D eigenvalue weighted by molar-refractivity contribution is -0.143. The molecule has 1 aromatic carbocycles. The Kier molecular flexibility index (Phi) is 8.12. The highest BCUT2D eigenvalue weighted by atomic mass is 19.4. The molecule has 1 fully saturated rings. The summed E-state index contributed by atoms with van der Waals surface area (Å²) in [6, 6.07) is 7.24. The van der Waals surface area contributed by atoms with Crippen LogP contribution in [0.15, 0.2) is 29.3 Å². The zero-order valence-corrected chi connectivity index (χ0v) is 16.9. The summed E-state index contributed by atoms with van der Waals surface area (Å²) in [6.45, 7) is 0.254. The van der Waals surface area contributed by atoms with Crippen LogP contribution >= 0.6 is 0 Å². The van der Waals surface area contributed by atoms with Gasteiger partial charge >= 0.3 is 6.18 Å². The van der Waals surface area contributed by atoms with Gasteiger partial charge in [0.1, 0.15) is 5.75 Å². The van der Waals surface area contributed by atoms with Gasteiger partial charge in [-0.05, 0) is 24.1 Å². The van der Waals surface area contributed by atoms with Crippen LogP contribution in [0.1, 0.15) is 12.0 Å². The Morgan fingerprint density at radius 3 is 2.79 bits per heavy atom. The van der Waals surface area contributed by atoms with Crippen molar-refractivity contribution in [1.29, 1.82) is 0 Å². The minimum Gasteiger partial charge on any atom is -0.484 e. The fourth-order valence-electron chi connectivity index (χ4n) is 2.94. The van der Waals surface area contributed by atoms with E-state index in [4.69, 9.17) is 4.74 Å². The molecule has 2 rings (SSSR count). The lowest BCUT2D eigenvalue weighted by Gasteiger charge is -2.20. The summed E-state index contributed by atoms with van der Waals surface area (Å²) < 4.78 is 43.0. The molecule has 162 valence electrons. The van der Waals surface area contributed by atoms with Gasteiger partial charge in [-0.25, -0.2) is 0 Å². The molecule has 0 radical (unpaired) electrons. The second kappa shape index (κ2) is 10.3. The Morgan fingerprint density at radius 1 is 1.38 bits per heavy atom. The first-order chi connectivity index (χ1) is 13.7. The molecule has 0 bridgehead atoms. The Bertz CT molecular complexity index is 709. The molecule has 1 amide bonds. The molecule has 0 spiro atoms. The van der Waals surface area contributed by atoms with Gasteiger partial charge in [0.15, 0.2) is 12.6 Å². The second-order valence-electron chi connectivity index (χ2n) is 7.13. The lowest BCUT2D eigenvalue weighted by Crippen LogP contribution is -2.44. The Labute approximate surface area is 168 Å². The number of likely N-dealkylation sites (tertiary alicyclic amines) is 1. The number of carbonyl (C=O) groups is 1. The fourth-order valence-corrected chi connectivity index (χ4v) is 2.94. The van der Waals surface area contributed by atoms with E-state index >= 15 is 0 Å². The van der Waals surface area contributed by atoms with Gasteiger partial charge in [-0.1, -0.05) is 12.1 Å². The molecule has 1 aromatic rings. The average molecular weight is 415 g/mol. The average Bonchev–Trinajstić information content (AvgIpc) is 3.08. The van der Waals surface area contributed by atoms with E-state index in [1.807, 2.05) is 18.2 Å². The number of hydrogen-bond donors (Lipinski definition) is 2. The minimum atomic E-state index is -4.18. The second-order valence-corrected chi connectivity index (χ2v) is 7.13. The van der Waals surface area contributed by atoms with Crippen molar-refractivity contribution < 1.29 is 22.7 Å². The first-order valence-corrected chi connectivity index (χ1v) is 9.34. The van der Waals surface area contributed by atoms with E-state index in [9.17, 15) is 18.0 Å². The largest absolute Gasteiger partial charge is 0.484 e. The maximum Gasteiger partial charge on any atom is 0.401 e. The molecule has 1 saturated heterocycles. The number of carbonyl (C=O) groups excluding carboxylic acids is 1. The van der Waals surface area contributed by atoms with Crippen LogP contribution in [0.2, 0.25) is 0 Å². The molecule has 1 atom stereocenters. The van der Waals surface area contributed by atoms with Gasteiger partial charge in [-0.2, -0.15) is 13.2 Å². The zero-order valence-electron chi connectivity index (χ0n) is 16.9. The number of aliphatic imine (C=N–C) groups is 1. The predicted molar refractivity (Wildman–Crippen MR) is 105 cm³/mol. The van der Waals surface area contributed by atoms with E-state index in [1.54, 1.807) is 27.2 Å². The smallest absolute Gasteiger partial charge is 0.401 e. The van der Waals surface area contributed by atoms with Crippen LogP contribution in [0.3, 0.4) is 0 Å². The van der Waals surface area contributed by atoms with Crippen LogP contribution in [-0.4, -0.2) is 81.3 Å². The highest BCUT2D eigenvalue weighted by molar-refractivity contribution is 5.80. The molecule has 1 heterocycles. The number of alkyl halides is 3. The van der Waals surface area contributed by atoms with Crippen molar-refractivity contribution in [1.82, 2.24) is 20.4 Å². The first-order valence-electron chi connectivity index (χ1n) is 9.34. The monoisotopic (exact) mass is 415 g/mol. The van der Waals surface area contributed by atoms with Gasteiger partial charge < -0.3 is 20.3 Å². The maximum absolute atomic E-state index is 12.5. The molecule has 1 aliphatic heterocycles. The number of halogens is 3. The summed E-state index contributed by atoms with van der Waals surface area (Å²) in [4.78, 5) is 18.6. The van der Waals surface area contributed by atoms with Crippen LogP contribution < -0.4 is 15.4 Å². The van der Waals surface area contributed by atoms with Crippen molar-refractivity contribution in [2.24, 2.45) is 4.99 Å². The minimum absolute atomic E-state index is 0.0385. The number of likely N-dealkylation sites (N-methyl/N-ethyl adjacent to an activating group) is 1. The number of ether oxygens (including phenoxy) is 1. The van der Waals surface area contributed by atoms with E-state index in [1.165, 1.54) is 9.80 Å². The third kappa shape index (κ3) is 8.18. The maximum atomic E-state index is 12.5. The molecule has 0 aliphatic carbocycles. The molecule has 1 unspecified atom stereocenters. The Hall–Kier alpha value is -2.49. The predicted octanol–water partition coefficient (Wildman–Crippen LogP) is 1.46. The van der Waals surface area contributed by atoms with Crippen molar-refractivity contribution in [2.45, 2.75) is 25.2 Å². The van der Waals surface area contributed by atoms with Gasteiger partial charge in [-0.3, -0.25) is 14.7 Å². The summed E-state index contributed by atoms with van der Waals surface area (Å²) >= 11 is 0. The van der Waals surface area contributed by atoms with E-state index in [0.29, 0.717) is 37.8 Å². The van der Waals surface area contributed by atoms with Crippen molar-refractivity contribution in [2.75, 3.05) is 47.4 Å². The molecule has 10 heteroatoms. The van der Waals surface area contributed by atoms with Gasteiger partial charge in [-0.15, -0.1) is 0 Å². The van der Waals surface area contributed by atoms with Crippen LogP contribution in [-0.2, 0) is 11.3 Å². The number of benzene rings is 1. The molecule has 1 aliphatic rings. The summed E-state index contributed by atoms with van der Waals surface area (Å²) in [5, 5.41) is 6.32. The van der Waals surface area contributed by atoms with E-state index in [0.717, 1.165) is 5.56 Å². The van der Waals surface area contributed by atoms with Gasteiger partial charge in [0.2, 0.25) is 0 Å². The van der Waals surface area contributed by atoms with Gasteiger partial charge in [0, 0.05) is 46.8 Å². The summed E-state index contributed by atoms with van der Waals surface area (Å²) in [5.74, 6) is 0.980. The molecule has 0 aromatic heterocycles. The molecular formula is C19H28F3N5O2. The molecule has 2 N–H and O–H groups in total. The molecule has 0 saturated carbocycles. The number of guanidine groups is 1. The topological polar surface area (TPSA) is 69.2 Å². The fraction of sp³-hybridized carbons (Fsp3) is 0.579. The van der Waals surface area contributed by atoms with Crippen LogP contribution in [0, 0.1) is 0 Å². The standard InChI is InChI=1S/C19H28F3N5O2/c1-23-18(25-15-7-8-27(11-15)13-19(20,21)22)24-10-14-5-4-6-16(9-14)29-12-17(28)26(2)3/h4-6,9,15H,7-8,10-13H2,1-3H3,(H2,23,24,25). The normalized spacial score (nSPS) is 17.9. The van der Waals surface area contributed by atoms with Gasteiger partial charge in [0.25, 0.3) is 5.91 Å². The number of nitrogens with one attached hydrogen (secondary N) is 2. The summed E-state index contributed by atoms with van der Waals surface area (Å²) in [5.41, 5.74) is 0.924. The van der Waals surface area contributed by atoms with Crippen molar-refractivity contribution >= 4 is 11.9 Å². The van der Waals surface area contributed by atoms with E-state index < -0.39 is 12.7 Å². The number of amides is 1. The third-order valence-corrected chi connectivity index (χ3v) is 4.46. The number of nitrogens with zero attached hydrogens (tertiary/aromatic N) is 3. The number of hydrogen-bond acceptors (Lipinski definition) is 4. The van der Waals surface area contributed by atoms with Crippen molar-refractivity contribution in [3.8, 4) is 5.75 Å². The SMILES string of the molecule is CN=C(NCc1cccc(OCC(=O)N(C)C)c1)NC1CCN(CC(F)(F)F)C1. The summed E-state index contributed by atoms with van der Waals surface area (Å²) in [6.07, 6.45) is -3.56. The number of rotatable bonds is 7. The molecule has 29 heavy (non-hydrogen) atoms. The Balaban J connectivity index is 1.81. The third-order valence-electron chi connectivity index (χ3n) is 4.46. The van der Waals surface area contributed by atoms with Crippen molar-refractivity contribution in [3.05, 3.63) is 29.8 Å². The van der Waals surface area contributed by atoms with Crippen molar-refractivity contribution in [3.63, 3.8) is 0 Å². The van der Waals surface area contributed by atoms with Crippen LogP contribution in [0.25, 0.3) is 0 Å². The first kappa shape index (κ1) is 22.8. The summed E-state index contributed by atoms with van der Waals surface area (Å²) in [7, 11) is 4.94. The van der Waals surface area contributed by atoms with Crippen LogP contribution in [0.5, 0.6) is 5.75 Å². The zero-order chi connectivity index (χ0) is 21.4. The molecule has 7 nitrogen and oxygen atoms in total. The van der Waals surface area contributed by atoms with Gasteiger partial charge in [0.05, 0.1) is 6.54 Å². The van der Waals surface area contributed by atoms with Crippen LogP contribution in [0.4, 0.5) is 13.2 Å². The highest BCUT2D eigenvalue weighted by Crippen LogP contribution is 2.20. The lowest BCUT2D eigenvalue weighted by atomic mass is 10.2. The van der Waals surface area contributed by atoms with E-state index in [2.05, 4.69) is 15.6 Å². The quantitative estimate of drug-likeness (QED) is 0.521. The Morgan fingerprint density at radius 2 is 2.14 bits per heavy atom.